The standard InChI is InChI=1S/C16H23FN2O2/c1-11(2)19(10-12-5-3-4-6-14(12)17)16(20)15-8-7-13(9-18)21-15/h3-6,11,13,15H,7-10,18H2,1-2H3/t13-,15+/m1/s1. The third-order valence-electron chi connectivity index (χ3n) is 3.85. The van der Waals surface area contributed by atoms with E-state index in [1.165, 1.54) is 6.07 Å². The van der Waals surface area contributed by atoms with Crippen LogP contribution in [0.25, 0.3) is 0 Å². The van der Waals surface area contributed by atoms with E-state index in [0.717, 1.165) is 6.42 Å². The van der Waals surface area contributed by atoms with Crippen LogP contribution in [0.4, 0.5) is 4.39 Å². The lowest BCUT2D eigenvalue weighted by atomic mass is 10.1. The van der Waals surface area contributed by atoms with Gasteiger partial charge < -0.3 is 15.4 Å². The van der Waals surface area contributed by atoms with Crippen LogP contribution in [-0.2, 0) is 16.1 Å². The predicted octanol–water partition coefficient (Wildman–Crippen LogP) is 2.07. The lowest BCUT2D eigenvalue weighted by Crippen LogP contribution is -2.43. The molecule has 5 heteroatoms. The summed E-state index contributed by atoms with van der Waals surface area (Å²) in [5.74, 6) is -0.368. The molecule has 2 rings (SSSR count). The number of halogens is 1. The first-order chi connectivity index (χ1) is 10.0. The van der Waals surface area contributed by atoms with Crippen LogP contribution in [0.1, 0.15) is 32.3 Å². The number of ether oxygens (including phenoxy) is 1. The van der Waals surface area contributed by atoms with Crippen molar-refractivity contribution >= 4 is 5.91 Å². The smallest absolute Gasteiger partial charge is 0.252 e. The summed E-state index contributed by atoms with van der Waals surface area (Å²) >= 11 is 0. The largest absolute Gasteiger partial charge is 0.364 e. The van der Waals surface area contributed by atoms with E-state index in [2.05, 4.69) is 0 Å². The minimum absolute atomic E-state index is 0.0161. The number of carbonyl (C=O) groups excluding carboxylic acids is 1. The zero-order valence-electron chi connectivity index (χ0n) is 12.6. The van der Waals surface area contributed by atoms with Crippen molar-refractivity contribution in [1.82, 2.24) is 4.90 Å². The van der Waals surface area contributed by atoms with Crippen molar-refractivity contribution in [2.75, 3.05) is 6.54 Å². The number of amides is 1. The lowest BCUT2D eigenvalue weighted by molar-refractivity contribution is -0.145. The molecule has 1 aromatic carbocycles. The average Bonchev–Trinajstić information content (AvgIpc) is 2.94. The second kappa shape index (κ2) is 7.00. The van der Waals surface area contributed by atoms with Crippen molar-refractivity contribution in [1.29, 1.82) is 0 Å². The molecule has 4 nitrogen and oxygen atoms in total. The average molecular weight is 294 g/mol. The molecular formula is C16H23FN2O2. The van der Waals surface area contributed by atoms with Gasteiger partial charge in [-0.15, -0.1) is 0 Å². The Morgan fingerprint density at radius 1 is 1.43 bits per heavy atom. The third kappa shape index (κ3) is 3.80. The van der Waals surface area contributed by atoms with Gasteiger partial charge in [-0.05, 0) is 32.8 Å². The molecule has 116 valence electrons. The molecule has 1 saturated heterocycles. The minimum atomic E-state index is -0.451. The van der Waals surface area contributed by atoms with Gasteiger partial charge in [-0.3, -0.25) is 4.79 Å². The molecule has 1 aromatic rings. The number of hydrogen-bond donors (Lipinski definition) is 1. The van der Waals surface area contributed by atoms with Crippen LogP contribution < -0.4 is 5.73 Å². The second-order valence-corrected chi connectivity index (χ2v) is 5.71. The summed E-state index contributed by atoms with van der Waals surface area (Å²) in [4.78, 5) is 14.3. The van der Waals surface area contributed by atoms with E-state index in [9.17, 15) is 9.18 Å². The van der Waals surface area contributed by atoms with E-state index in [-0.39, 0.29) is 30.4 Å². The van der Waals surface area contributed by atoms with E-state index in [0.29, 0.717) is 18.5 Å². The zero-order valence-corrected chi connectivity index (χ0v) is 12.6. The van der Waals surface area contributed by atoms with Crippen LogP contribution >= 0.6 is 0 Å². The molecular weight excluding hydrogens is 271 g/mol. The van der Waals surface area contributed by atoms with Crippen molar-refractivity contribution in [2.24, 2.45) is 5.73 Å². The molecule has 1 fully saturated rings. The Hall–Kier alpha value is -1.46. The van der Waals surface area contributed by atoms with Gasteiger partial charge in [0.2, 0.25) is 0 Å². The molecule has 0 spiro atoms. The predicted molar refractivity (Wildman–Crippen MR) is 79.0 cm³/mol. The van der Waals surface area contributed by atoms with Gasteiger partial charge in [0, 0.05) is 24.7 Å². The van der Waals surface area contributed by atoms with Crippen molar-refractivity contribution in [3.63, 3.8) is 0 Å². The van der Waals surface area contributed by atoms with Gasteiger partial charge in [-0.25, -0.2) is 4.39 Å². The molecule has 2 atom stereocenters. The van der Waals surface area contributed by atoms with Gasteiger partial charge in [0.25, 0.3) is 5.91 Å². The zero-order chi connectivity index (χ0) is 15.4. The van der Waals surface area contributed by atoms with E-state index in [4.69, 9.17) is 10.5 Å². The number of rotatable bonds is 5. The molecule has 1 aliphatic heterocycles. The Kier molecular flexibility index (Phi) is 5.31. The van der Waals surface area contributed by atoms with Crippen LogP contribution in [0.3, 0.4) is 0 Å². The van der Waals surface area contributed by atoms with Crippen molar-refractivity contribution < 1.29 is 13.9 Å². The van der Waals surface area contributed by atoms with Gasteiger partial charge in [-0.2, -0.15) is 0 Å². The van der Waals surface area contributed by atoms with Crippen molar-refractivity contribution in [3.05, 3.63) is 35.6 Å². The normalized spacial score (nSPS) is 21.8. The number of nitrogens with two attached hydrogens (primary N) is 1. The Balaban J connectivity index is 2.09. The summed E-state index contributed by atoms with van der Waals surface area (Å²) in [6.07, 6.45) is 0.994. The molecule has 0 bridgehead atoms. The Bertz CT molecular complexity index is 493. The molecule has 1 amide bonds. The SMILES string of the molecule is CC(C)N(Cc1ccccc1F)C(=O)[C@@H]1CC[C@H](CN)O1. The van der Waals surface area contributed by atoms with Crippen LogP contribution in [0.2, 0.25) is 0 Å². The first-order valence-corrected chi connectivity index (χ1v) is 7.42. The molecule has 0 unspecified atom stereocenters. The molecule has 0 aliphatic carbocycles. The van der Waals surface area contributed by atoms with Crippen LogP contribution in [0.5, 0.6) is 0 Å². The molecule has 21 heavy (non-hydrogen) atoms. The maximum atomic E-state index is 13.8. The van der Waals surface area contributed by atoms with Gasteiger partial charge in [0.05, 0.1) is 6.10 Å². The van der Waals surface area contributed by atoms with E-state index in [1.54, 1.807) is 23.1 Å². The number of carbonyl (C=O) groups is 1. The number of hydrogen-bond acceptors (Lipinski definition) is 3. The monoisotopic (exact) mass is 294 g/mol. The highest BCUT2D eigenvalue weighted by Crippen LogP contribution is 2.23. The van der Waals surface area contributed by atoms with Gasteiger partial charge in [0.1, 0.15) is 11.9 Å². The molecule has 1 heterocycles. The topological polar surface area (TPSA) is 55.6 Å². The van der Waals surface area contributed by atoms with E-state index >= 15 is 0 Å². The van der Waals surface area contributed by atoms with Crippen molar-refractivity contribution in [3.8, 4) is 0 Å². The van der Waals surface area contributed by atoms with Gasteiger partial charge in [-0.1, -0.05) is 18.2 Å². The fourth-order valence-electron chi connectivity index (χ4n) is 2.57. The van der Waals surface area contributed by atoms with Gasteiger partial charge in [0.15, 0.2) is 0 Å². The summed E-state index contributed by atoms with van der Waals surface area (Å²) in [6, 6.07) is 6.52. The Labute approximate surface area is 125 Å². The fraction of sp³-hybridized carbons (Fsp3) is 0.562. The van der Waals surface area contributed by atoms with Gasteiger partial charge >= 0.3 is 0 Å². The van der Waals surface area contributed by atoms with E-state index in [1.807, 2.05) is 13.8 Å². The maximum absolute atomic E-state index is 13.8. The Morgan fingerprint density at radius 3 is 2.71 bits per heavy atom. The lowest BCUT2D eigenvalue weighted by Gasteiger charge is -2.29. The minimum Gasteiger partial charge on any atom is -0.364 e. The highest BCUT2D eigenvalue weighted by molar-refractivity contribution is 5.81. The summed E-state index contributed by atoms with van der Waals surface area (Å²) in [5.41, 5.74) is 6.10. The molecule has 0 radical (unpaired) electrons. The summed E-state index contributed by atoms with van der Waals surface area (Å²) < 4.78 is 19.4. The number of nitrogens with zero attached hydrogens (tertiary/aromatic N) is 1. The van der Waals surface area contributed by atoms with Crippen LogP contribution in [-0.4, -0.2) is 35.6 Å². The van der Waals surface area contributed by atoms with Crippen LogP contribution in [0.15, 0.2) is 24.3 Å². The summed E-state index contributed by atoms with van der Waals surface area (Å²) in [6.45, 7) is 4.54. The van der Waals surface area contributed by atoms with Crippen LogP contribution in [0, 0.1) is 5.82 Å². The first kappa shape index (κ1) is 15.9. The Morgan fingerprint density at radius 2 is 2.14 bits per heavy atom. The first-order valence-electron chi connectivity index (χ1n) is 7.42. The molecule has 0 aromatic heterocycles. The highest BCUT2D eigenvalue weighted by atomic mass is 19.1. The molecule has 2 N–H and O–H groups in total. The quantitative estimate of drug-likeness (QED) is 0.904. The molecule has 0 saturated carbocycles. The fourth-order valence-corrected chi connectivity index (χ4v) is 2.57. The van der Waals surface area contributed by atoms with E-state index < -0.39 is 6.10 Å². The molecule has 1 aliphatic rings. The van der Waals surface area contributed by atoms with Crippen molar-refractivity contribution in [2.45, 2.75) is 51.5 Å². The third-order valence-corrected chi connectivity index (χ3v) is 3.85. The highest BCUT2D eigenvalue weighted by Gasteiger charge is 2.34. The summed E-state index contributed by atoms with van der Waals surface area (Å²) in [5, 5.41) is 0. The maximum Gasteiger partial charge on any atom is 0.252 e. The second-order valence-electron chi connectivity index (χ2n) is 5.71. The summed E-state index contributed by atoms with van der Waals surface area (Å²) in [7, 11) is 0. The number of benzene rings is 1.